The fourth-order valence-electron chi connectivity index (χ4n) is 3.04. The largest absolute Gasteiger partial charge is 0.444 e. The Hall–Kier alpha value is -0.770. The first-order valence-electron chi connectivity index (χ1n) is 7.18. The van der Waals surface area contributed by atoms with Crippen molar-refractivity contribution in [3.63, 3.8) is 0 Å². The summed E-state index contributed by atoms with van der Waals surface area (Å²) < 4.78 is 5.53. The standard InChI is InChI=1S/C14H26N2O2/c1-14(2,3)18-13(17)16-9-5-6-11-10-15-8-4-7-12(11)16/h11-12,15H,4-10H2,1-3H3. The predicted molar refractivity (Wildman–Crippen MR) is 71.6 cm³/mol. The van der Waals surface area contributed by atoms with Crippen molar-refractivity contribution in [3.8, 4) is 0 Å². The Labute approximate surface area is 110 Å². The van der Waals surface area contributed by atoms with E-state index in [4.69, 9.17) is 4.74 Å². The number of amides is 1. The first-order valence-corrected chi connectivity index (χ1v) is 7.18. The first kappa shape index (κ1) is 13.7. The molecular weight excluding hydrogens is 228 g/mol. The van der Waals surface area contributed by atoms with Crippen molar-refractivity contribution < 1.29 is 9.53 Å². The van der Waals surface area contributed by atoms with Gasteiger partial charge in [-0.2, -0.15) is 0 Å². The van der Waals surface area contributed by atoms with Crippen LogP contribution in [0.4, 0.5) is 4.79 Å². The van der Waals surface area contributed by atoms with Crippen LogP contribution in [0.5, 0.6) is 0 Å². The van der Waals surface area contributed by atoms with Gasteiger partial charge in [-0.25, -0.2) is 4.79 Å². The lowest BCUT2D eigenvalue weighted by Crippen LogP contribution is -2.51. The van der Waals surface area contributed by atoms with E-state index < -0.39 is 5.60 Å². The van der Waals surface area contributed by atoms with Crippen molar-refractivity contribution >= 4 is 6.09 Å². The Bertz CT molecular complexity index is 299. The molecule has 18 heavy (non-hydrogen) atoms. The molecule has 0 aliphatic carbocycles. The van der Waals surface area contributed by atoms with Gasteiger partial charge in [0.25, 0.3) is 0 Å². The maximum atomic E-state index is 12.3. The van der Waals surface area contributed by atoms with Crippen LogP contribution in [-0.4, -0.2) is 42.3 Å². The number of ether oxygens (including phenoxy) is 1. The number of carbonyl (C=O) groups excluding carboxylic acids is 1. The third-order valence-corrected chi connectivity index (χ3v) is 3.81. The first-order chi connectivity index (χ1) is 8.47. The molecule has 2 atom stereocenters. The zero-order chi connectivity index (χ0) is 13.2. The summed E-state index contributed by atoms with van der Waals surface area (Å²) >= 11 is 0. The Morgan fingerprint density at radius 2 is 2.06 bits per heavy atom. The Morgan fingerprint density at radius 1 is 1.28 bits per heavy atom. The van der Waals surface area contributed by atoms with Crippen LogP contribution in [0.25, 0.3) is 0 Å². The van der Waals surface area contributed by atoms with Gasteiger partial charge in [-0.3, -0.25) is 0 Å². The van der Waals surface area contributed by atoms with Gasteiger partial charge >= 0.3 is 6.09 Å². The van der Waals surface area contributed by atoms with Crippen LogP contribution in [0.2, 0.25) is 0 Å². The lowest BCUT2D eigenvalue weighted by atomic mass is 9.87. The summed E-state index contributed by atoms with van der Waals surface area (Å²) in [6.45, 7) is 8.78. The monoisotopic (exact) mass is 254 g/mol. The van der Waals surface area contributed by atoms with Crippen LogP contribution in [-0.2, 0) is 4.74 Å². The maximum absolute atomic E-state index is 12.3. The fourth-order valence-corrected chi connectivity index (χ4v) is 3.04. The van der Waals surface area contributed by atoms with Gasteiger partial charge in [0, 0.05) is 12.6 Å². The van der Waals surface area contributed by atoms with Crippen LogP contribution >= 0.6 is 0 Å². The van der Waals surface area contributed by atoms with E-state index in [1.807, 2.05) is 25.7 Å². The number of rotatable bonds is 0. The molecule has 0 radical (unpaired) electrons. The van der Waals surface area contributed by atoms with Gasteiger partial charge in [0.05, 0.1) is 0 Å². The third kappa shape index (κ3) is 3.37. The molecule has 2 rings (SSSR count). The van der Waals surface area contributed by atoms with Crippen molar-refractivity contribution in [2.24, 2.45) is 5.92 Å². The molecule has 0 aromatic carbocycles. The number of nitrogens with zero attached hydrogens (tertiary/aromatic N) is 1. The maximum Gasteiger partial charge on any atom is 0.410 e. The second-order valence-corrected chi connectivity index (χ2v) is 6.49. The average Bonchev–Trinajstić information content (AvgIpc) is 2.50. The summed E-state index contributed by atoms with van der Waals surface area (Å²) in [4.78, 5) is 14.2. The molecule has 0 bridgehead atoms. The van der Waals surface area contributed by atoms with E-state index >= 15 is 0 Å². The molecule has 2 unspecified atom stereocenters. The number of hydrogen-bond acceptors (Lipinski definition) is 3. The lowest BCUT2D eigenvalue weighted by molar-refractivity contribution is 0.0000933. The van der Waals surface area contributed by atoms with Crippen molar-refractivity contribution in [2.75, 3.05) is 19.6 Å². The highest BCUT2D eigenvalue weighted by Crippen LogP contribution is 2.29. The molecule has 2 aliphatic heterocycles. The van der Waals surface area contributed by atoms with Crippen LogP contribution in [0.1, 0.15) is 46.5 Å². The molecule has 2 saturated heterocycles. The summed E-state index contributed by atoms with van der Waals surface area (Å²) in [5.74, 6) is 0.605. The van der Waals surface area contributed by atoms with Crippen molar-refractivity contribution in [3.05, 3.63) is 0 Å². The summed E-state index contributed by atoms with van der Waals surface area (Å²) in [6.07, 6.45) is 4.47. The van der Waals surface area contributed by atoms with Crippen LogP contribution in [0, 0.1) is 5.92 Å². The van der Waals surface area contributed by atoms with Gasteiger partial charge < -0.3 is 15.0 Å². The van der Waals surface area contributed by atoms with Crippen molar-refractivity contribution in [1.29, 1.82) is 0 Å². The number of likely N-dealkylation sites (tertiary alicyclic amines) is 1. The minimum atomic E-state index is -0.396. The second-order valence-electron chi connectivity index (χ2n) is 6.49. The number of carbonyl (C=O) groups is 1. The quantitative estimate of drug-likeness (QED) is 0.721. The minimum Gasteiger partial charge on any atom is -0.444 e. The van der Waals surface area contributed by atoms with Crippen LogP contribution in [0.3, 0.4) is 0 Å². The Balaban J connectivity index is 2.03. The Morgan fingerprint density at radius 3 is 2.78 bits per heavy atom. The van der Waals surface area contributed by atoms with E-state index in [0.29, 0.717) is 12.0 Å². The summed E-state index contributed by atoms with van der Waals surface area (Å²) in [5.41, 5.74) is -0.396. The molecule has 0 aromatic heterocycles. The van der Waals surface area contributed by atoms with E-state index in [-0.39, 0.29) is 6.09 Å². The summed E-state index contributed by atoms with van der Waals surface area (Å²) in [7, 11) is 0. The third-order valence-electron chi connectivity index (χ3n) is 3.81. The molecule has 2 fully saturated rings. The van der Waals surface area contributed by atoms with Gasteiger partial charge in [-0.05, 0) is 65.5 Å². The van der Waals surface area contributed by atoms with E-state index in [2.05, 4.69) is 5.32 Å². The predicted octanol–water partition coefficient (Wildman–Crippen LogP) is 2.39. The highest BCUT2D eigenvalue weighted by molar-refractivity contribution is 5.68. The van der Waals surface area contributed by atoms with Crippen LogP contribution < -0.4 is 5.32 Å². The number of fused-ring (bicyclic) bond motifs is 1. The molecule has 2 heterocycles. The van der Waals surface area contributed by atoms with E-state index in [1.54, 1.807) is 0 Å². The summed E-state index contributed by atoms with van der Waals surface area (Å²) in [5, 5.41) is 3.48. The molecule has 104 valence electrons. The van der Waals surface area contributed by atoms with Gasteiger partial charge in [0.2, 0.25) is 0 Å². The zero-order valence-electron chi connectivity index (χ0n) is 11.9. The number of nitrogens with one attached hydrogen (secondary N) is 1. The Kier molecular flexibility index (Phi) is 4.15. The molecule has 0 spiro atoms. The number of piperidine rings is 1. The fraction of sp³-hybridized carbons (Fsp3) is 0.929. The normalized spacial score (nSPS) is 29.4. The lowest BCUT2D eigenvalue weighted by Gasteiger charge is -2.40. The molecule has 1 amide bonds. The highest BCUT2D eigenvalue weighted by atomic mass is 16.6. The van der Waals surface area contributed by atoms with Gasteiger partial charge in [-0.15, -0.1) is 0 Å². The van der Waals surface area contributed by atoms with Gasteiger partial charge in [0.1, 0.15) is 5.60 Å². The molecule has 0 aromatic rings. The minimum absolute atomic E-state index is 0.126. The molecular formula is C14H26N2O2. The number of hydrogen-bond donors (Lipinski definition) is 1. The molecule has 4 heteroatoms. The molecule has 2 aliphatic rings. The average molecular weight is 254 g/mol. The zero-order valence-corrected chi connectivity index (χ0v) is 11.9. The van der Waals surface area contributed by atoms with E-state index in [9.17, 15) is 4.79 Å². The van der Waals surface area contributed by atoms with E-state index in [1.165, 1.54) is 6.42 Å². The summed E-state index contributed by atoms with van der Waals surface area (Å²) in [6, 6.07) is 0.378. The van der Waals surface area contributed by atoms with Crippen LogP contribution in [0.15, 0.2) is 0 Å². The van der Waals surface area contributed by atoms with E-state index in [0.717, 1.165) is 38.9 Å². The SMILES string of the molecule is CC(C)(C)OC(=O)N1CCCC2CNCCCC21. The van der Waals surface area contributed by atoms with Gasteiger partial charge in [0.15, 0.2) is 0 Å². The highest BCUT2D eigenvalue weighted by Gasteiger charge is 2.36. The molecule has 4 nitrogen and oxygen atoms in total. The molecule has 0 saturated carbocycles. The second kappa shape index (κ2) is 5.47. The topological polar surface area (TPSA) is 41.6 Å². The van der Waals surface area contributed by atoms with Crippen molar-refractivity contribution in [2.45, 2.75) is 58.1 Å². The van der Waals surface area contributed by atoms with Gasteiger partial charge in [-0.1, -0.05) is 0 Å². The molecule has 1 N–H and O–H groups in total. The smallest absolute Gasteiger partial charge is 0.410 e. The van der Waals surface area contributed by atoms with Crippen molar-refractivity contribution in [1.82, 2.24) is 10.2 Å².